The van der Waals surface area contributed by atoms with Crippen LogP contribution in [0.1, 0.15) is 32.7 Å². The topological polar surface area (TPSA) is 61.8 Å². The van der Waals surface area contributed by atoms with Gasteiger partial charge >= 0.3 is 6.18 Å². The van der Waals surface area contributed by atoms with E-state index in [1.54, 1.807) is 4.90 Å². The lowest BCUT2D eigenvalue weighted by Crippen LogP contribution is -2.45. The minimum absolute atomic E-state index is 0.201. The van der Waals surface area contributed by atoms with E-state index < -0.39 is 11.7 Å². The van der Waals surface area contributed by atoms with Crippen LogP contribution in [-0.2, 0) is 19.1 Å². The molecule has 10 heteroatoms. The highest BCUT2D eigenvalue weighted by molar-refractivity contribution is 5.94. The SMILES string of the molecule is Cc1cccc(Oc2nc(N3CCN(C)CC3)nc3c2CN(C(=O)c2ccc(C(F)(F)F)cc2)CC3)c1. The number of carbonyl (C=O) groups excluding carboxylic acids is 1. The van der Waals surface area contributed by atoms with Gasteiger partial charge in [0.25, 0.3) is 5.91 Å². The first-order valence-electron chi connectivity index (χ1n) is 12.2. The quantitative estimate of drug-likeness (QED) is 0.513. The van der Waals surface area contributed by atoms with Crippen molar-refractivity contribution in [2.24, 2.45) is 0 Å². The summed E-state index contributed by atoms with van der Waals surface area (Å²) in [5.41, 5.74) is 1.99. The van der Waals surface area contributed by atoms with Crippen molar-refractivity contribution in [3.05, 3.63) is 76.5 Å². The van der Waals surface area contributed by atoms with E-state index in [0.717, 1.165) is 49.6 Å². The third-order valence-corrected chi connectivity index (χ3v) is 6.75. The number of aromatic nitrogens is 2. The molecule has 0 radical (unpaired) electrons. The number of carbonyl (C=O) groups is 1. The van der Waals surface area contributed by atoms with Crippen LogP contribution in [0.25, 0.3) is 0 Å². The van der Waals surface area contributed by atoms with Gasteiger partial charge in [-0.1, -0.05) is 12.1 Å². The molecule has 0 N–H and O–H groups in total. The second-order valence-electron chi connectivity index (χ2n) is 9.51. The monoisotopic (exact) mass is 511 g/mol. The molecule has 1 amide bonds. The van der Waals surface area contributed by atoms with Crippen molar-refractivity contribution in [3.8, 4) is 11.6 Å². The standard InChI is InChI=1S/C27H28F3N5O2/c1-18-4-3-5-21(16-18)37-24-22-17-35(25(36)19-6-8-20(9-7-19)27(28,29)30)11-10-23(22)31-26(32-24)34-14-12-33(2)13-15-34/h3-9,16H,10-15,17H2,1-2H3. The first kappa shape index (κ1) is 25.0. The van der Waals surface area contributed by atoms with Crippen LogP contribution in [-0.4, -0.2) is 65.4 Å². The van der Waals surface area contributed by atoms with Gasteiger partial charge in [0.15, 0.2) is 0 Å². The van der Waals surface area contributed by atoms with Gasteiger partial charge in [-0.2, -0.15) is 18.2 Å². The summed E-state index contributed by atoms with van der Waals surface area (Å²) in [5, 5.41) is 0. The molecule has 2 aromatic carbocycles. The summed E-state index contributed by atoms with van der Waals surface area (Å²) in [6.07, 6.45) is -3.96. The van der Waals surface area contributed by atoms with Crippen LogP contribution in [0.5, 0.6) is 11.6 Å². The van der Waals surface area contributed by atoms with Gasteiger partial charge in [-0.05, 0) is 55.9 Å². The van der Waals surface area contributed by atoms with Crippen LogP contribution >= 0.6 is 0 Å². The Bertz CT molecular complexity index is 1290. The molecule has 1 saturated heterocycles. The molecule has 2 aliphatic rings. The Morgan fingerprint density at radius 1 is 0.973 bits per heavy atom. The summed E-state index contributed by atoms with van der Waals surface area (Å²) in [5.74, 6) is 1.30. The van der Waals surface area contributed by atoms with Crippen molar-refractivity contribution in [2.45, 2.75) is 26.1 Å². The number of piperazine rings is 1. The van der Waals surface area contributed by atoms with Gasteiger partial charge < -0.3 is 19.4 Å². The van der Waals surface area contributed by atoms with E-state index in [2.05, 4.69) is 16.8 Å². The Morgan fingerprint density at radius 3 is 2.38 bits per heavy atom. The first-order chi connectivity index (χ1) is 17.7. The number of amides is 1. The summed E-state index contributed by atoms with van der Waals surface area (Å²) in [6.45, 7) is 6.00. The average molecular weight is 512 g/mol. The number of hydrogen-bond acceptors (Lipinski definition) is 6. The van der Waals surface area contributed by atoms with Crippen LogP contribution in [0, 0.1) is 6.92 Å². The molecule has 0 atom stereocenters. The zero-order valence-corrected chi connectivity index (χ0v) is 20.8. The lowest BCUT2D eigenvalue weighted by molar-refractivity contribution is -0.137. The lowest BCUT2D eigenvalue weighted by atomic mass is 10.0. The molecule has 5 rings (SSSR count). The minimum Gasteiger partial charge on any atom is -0.438 e. The van der Waals surface area contributed by atoms with Crippen molar-refractivity contribution < 1.29 is 22.7 Å². The number of anilines is 1. The van der Waals surface area contributed by atoms with Crippen molar-refractivity contribution in [1.82, 2.24) is 19.8 Å². The molecule has 37 heavy (non-hydrogen) atoms. The second kappa shape index (κ2) is 10.0. The maximum atomic E-state index is 13.2. The molecule has 0 saturated carbocycles. The fourth-order valence-corrected chi connectivity index (χ4v) is 4.55. The van der Waals surface area contributed by atoms with Crippen LogP contribution in [0.3, 0.4) is 0 Å². The smallest absolute Gasteiger partial charge is 0.416 e. The van der Waals surface area contributed by atoms with E-state index >= 15 is 0 Å². The van der Waals surface area contributed by atoms with Crippen LogP contribution in [0.15, 0.2) is 48.5 Å². The number of alkyl halides is 3. The fourth-order valence-electron chi connectivity index (χ4n) is 4.55. The maximum absolute atomic E-state index is 13.2. The number of ether oxygens (including phenoxy) is 1. The number of nitrogens with zero attached hydrogens (tertiary/aromatic N) is 5. The summed E-state index contributed by atoms with van der Waals surface area (Å²) in [7, 11) is 2.08. The Balaban J connectivity index is 1.44. The second-order valence-corrected chi connectivity index (χ2v) is 9.51. The van der Waals surface area contributed by atoms with Crippen LogP contribution in [0.4, 0.5) is 19.1 Å². The molecule has 0 aliphatic carbocycles. The Kier molecular flexibility index (Phi) is 6.76. The predicted molar refractivity (Wildman–Crippen MR) is 133 cm³/mol. The molecule has 3 heterocycles. The maximum Gasteiger partial charge on any atom is 0.416 e. The van der Waals surface area contributed by atoms with Gasteiger partial charge in [0.05, 0.1) is 23.4 Å². The fraction of sp³-hybridized carbons (Fsp3) is 0.370. The largest absolute Gasteiger partial charge is 0.438 e. The van der Waals surface area contributed by atoms with Crippen LogP contribution < -0.4 is 9.64 Å². The van der Waals surface area contributed by atoms with E-state index in [1.807, 2.05) is 31.2 Å². The van der Waals surface area contributed by atoms with Gasteiger partial charge in [0.2, 0.25) is 11.8 Å². The molecule has 1 aromatic heterocycles. The van der Waals surface area contributed by atoms with E-state index in [-0.39, 0.29) is 18.0 Å². The van der Waals surface area contributed by atoms with E-state index in [9.17, 15) is 18.0 Å². The van der Waals surface area contributed by atoms with E-state index in [4.69, 9.17) is 14.7 Å². The predicted octanol–water partition coefficient (Wildman–Crippen LogP) is 4.55. The van der Waals surface area contributed by atoms with Gasteiger partial charge in [-0.25, -0.2) is 4.98 Å². The Hall–Kier alpha value is -3.66. The van der Waals surface area contributed by atoms with Crippen molar-refractivity contribution in [2.75, 3.05) is 44.7 Å². The third-order valence-electron chi connectivity index (χ3n) is 6.75. The lowest BCUT2D eigenvalue weighted by Gasteiger charge is -2.34. The molecule has 7 nitrogen and oxygen atoms in total. The van der Waals surface area contributed by atoms with Gasteiger partial charge in [0, 0.05) is 44.7 Å². The summed E-state index contributed by atoms with van der Waals surface area (Å²) in [6, 6.07) is 12.0. The van der Waals surface area contributed by atoms with E-state index in [0.29, 0.717) is 36.1 Å². The number of halogens is 3. The van der Waals surface area contributed by atoms with Gasteiger partial charge in [-0.3, -0.25) is 4.79 Å². The third kappa shape index (κ3) is 5.53. The number of aryl methyl sites for hydroxylation is 1. The molecular weight excluding hydrogens is 483 g/mol. The highest BCUT2D eigenvalue weighted by Crippen LogP contribution is 2.33. The molecule has 0 spiro atoms. The van der Waals surface area contributed by atoms with Gasteiger partial charge in [-0.15, -0.1) is 0 Å². The first-order valence-corrected chi connectivity index (χ1v) is 12.2. The number of benzene rings is 2. The molecule has 3 aromatic rings. The van der Waals surface area contributed by atoms with Gasteiger partial charge in [0.1, 0.15) is 5.75 Å². The number of fused-ring (bicyclic) bond motifs is 1. The summed E-state index contributed by atoms with van der Waals surface area (Å²) < 4.78 is 45.1. The number of likely N-dealkylation sites (N-methyl/N-ethyl adjacent to an activating group) is 1. The zero-order valence-electron chi connectivity index (χ0n) is 20.8. The molecule has 2 aliphatic heterocycles. The number of rotatable bonds is 4. The minimum atomic E-state index is -4.45. The van der Waals surface area contributed by atoms with E-state index in [1.165, 1.54) is 12.1 Å². The van der Waals surface area contributed by atoms with Crippen molar-refractivity contribution in [3.63, 3.8) is 0 Å². The van der Waals surface area contributed by atoms with Crippen molar-refractivity contribution in [1.29, 1.82) is 0 Å². The Labute approximate surface area is 213 Å². The van der Waals surface area contributed by atoms with Crippen LogP contribution in [0.2, 0.25) is 0 Å². The highest BCUT2D eigenvalue weighted by atomic mass is 19.4. The molecule has 0 bridgehead atoms. The Morgan fingerprint density at radius 2 is 1.70 bits per heavy atom. The van der Waals surface area contributed by atoms with Crippen molar-refractivity contribution >= 4 is 11.9 Å². The average Bonchev–Trinajstić information content (AvgIpc) is 2.88. The molecular formula is C27H28F3N5O2. The summed E-state index contributed by atoms with van der Waals surface area (Å²) in [4.78, 5) is 28.8. The normalized spacial score (nSPS) is 16.5. The molecule has 1 fully saturated rings. The highest BCUT2D eigenvalue weighted by Gasteiger charge is 2.32. The molecule has 194 valence electrons. The number of hydrogen-bond donors (Lipinski definition) is 0. The molecule has 0 unspecified atom stereocenters. The summed E-state index contributed by atoms with van der Waals surface area (Å²) >= 11 is 0. The zero-order chi connectivity index (χ0) is 26.2.